The zero-order valence-electron chi connectivity index (χ0n) is 11.3. The number of carbonyl (C=O) groups is 2. The van der Waals surface area contributed by atoms with Crippen LogP contribution in [-0.2, 0) is 19.1 Å². The molecule has 0 amide bonds. The van der Waals surface area contributed by atoms with E-state index in [1.165, 1.54) is 6.92 Å². The third-order valence-electron chi connectivity index (χ3n) is 2.45. The molecule has 19 heavy (non-hydrogen) atoms. The summed E-state index contributed by atoms with van der Waals surface area (Å²) in [6.45, 7) is 3.34. The molecule has 1 aromatic carbocycles. The van der Waals surface area contributed by atoms with Gasteiger partial charge in [-0.15, -0.1) is 0 Å². The van der Waals surface area contributed by atoms with Gasteiger partial charge in [-0.2, -0.15) is 0 Å². The van der Waals surface area contributed by atoms with Crippen LogP contribution in [0.15, 0.2) is 24.3 Å². The molecular formula is C14H18O5. The van der Waals surface area contributed by atoms with Crippen molar-refractivity contribution in [2.45, 2.75) is 26.4 Å². The Kier molecular flexibility index (Phi) is 5.85. The van der Waals surface area contributed by atoms with Crippen molar-refractivity contribution in [1.82, 2.24) is 0 Å². The first-order chi connectivity index (χ1) is 9.06. The van der Waals surface area contributed by atoms with E-state index in [4.69, 9.17) is 14.2 Å². The van der Waals surface area contributed by atoms with Gasteiger partial charge in [0.15, 0.2) is 0 Å². The molecule has 1 rings (SSSR count). The summed E-state index contributed by atoms with van der Waals surface area (Å²) in [5.41, 5.74) is 0.726. The summed E-state index contributed by atoms with van der Waals surface area (Å²) >= 11 is 0. The molecule has 0 aliphatic rings. The molecule has 0 aliphatic carbocycles. The van der Waals surface area contributed by atoms with Crippen molar-refractivity contribution in [3.05, 3.63) is 29.8 Å². The minimum Gasteiger partial charge on any atom is -0.497 e. The van der Waals surface area contributed by atoms with Crippen LogP contribution >= 0.6 is 0 Å². The predicted molar refractivity (Wildman–Crippen MR) is 68.8 cm³/mol. The van der Waals surface area contributed by atoms with E-state index in [9.17, 15) is 9.59 Å². The SMILES string of the molecule is CCOC(=O)C[C@@H](OC(C)=O)c1ccc(OC)cc1. The van der Waals surface area contributed by atoms with Crippen molar-refractivity contribution in [3.63, 3.8) is 0 Å². The van der Waals surface area contributed by atoms with E-state index in [2.05, 4.69) is 0 Å². The van der Waals surface area contributed by atoms with Gasteiger partial charge in [-0.05, 0) is 24.6 Å². The zero-order chi connectivity index (χ0) is 14.3. The molecule has 0 N–H and O–H groups in total. The van der Waals surface area contributed by atoms with Crippen molar-refractivity contribution in [1.29, 1.82) is 0 Å². The lowest BCUT2D eigenvalue weighted by Gasteiger charge is -2.16. The lowest BCUT2D eigenvalue weighted by molar-refractivity contribution is -0.153. The Balaban J connectivity index is 2.82. The highest BCUT2D eigenvalue weighted by Crippen LogP contribution is 2.24. The zero-order valence-corrected chi connectivity index (χ0v) is 11.3. The first-order valence-corrected chi connectivity index (χ1v) is 6.03. The van der Waals surface area contributed by atoms with E-state index in [0.717, 1.165) is 5.56 Å². The maximum Gasteiger partial charge on any atom is 0.309 e. The molecule has 0 heterocycles. The van der Waals surface area contributed by atoms with E-state index >= 15 is 0 Å². The first kappa shape index (κ1) is 15.0. The minimum atomic E-state index is -0.637. The smallest absolute Gasteiger partial charge is 0.309 e. The Morgan fingerprint density at radius 1 is 1.21 bits per heavy atom. The summed E-state index contributed by atoms with van der Waals surface area (Å²) in [4.78, 5) is 22.6. The lowest BCUT2D eigenvalue weighted by Crippen LogP contribution is -2.15. The highest BCUT2D eigenvalue weighted by molar-refractivity contribution is 5.72. The summed E-state index contributed by atoms with van der Waals surface area (Å²) in [6.07, 6.45) is -0.637. The van der Waals surface area contributed by atoms with Gasteiger partial charge in [0.05, 0.1) is 20.1 Å². The molecule has 1 aromatic rings. The molecule has 0 saturated heterocycles. The van der Waals surface area contributed by atoms with Gasteiger partial charge in [0, 0.05) is 6.92 Å². The third kappa shape index (κ3) is 4.99. The molecule has 0 spiro atoms. The minimum absolute atomic E-state index is 0.000249. The molecule has 0 radical (unpaired) electrons. The largest absolute Gasteiger partial charge is 0.497 e. The average molecular weight is 266 g/mol. The highest BCUT2D eigenvalue weighted by atomic mass is 16.6. The Hall–Kier alpha value is -2.04. The number of benzene rings is 1. The summed E-state index contributed by atoms with van der Waals surface area (Å²) in [5.74, 6) is -0.142. The predicted octanol–water partition coefficient (Wildman–Crippen LogP) is 2.25. The topological polar surface area (TPSA) is 61.8 Å². The van der Waals surface area contributed by atoms with Crippen molar-refractivity contribution in [2.75, 3.05) is 13.7 Å². The van der Waals surface area contributed by atoms with Crippen molar-refractivity contribution in [2.24, 2.45) is 0 Å². The van der Waals surface area contributed by atoms with Gasteiger partial charge in [0.2, 0.25) is 0 Å². The Morgan fingerprint density at radius 3 is 2.32 bits per heavy atom. The molecule has 104 valence electrons. The Morgan fingerprint density at radius 2 is 1.84 bits per heavy atom. The number of carbonyl (C=O) groups excluding carboxylic acids is 2. The van der Waals surface area contributed by atoms with E-state index in [-0.39, 0.29) is 6.42 Å². The fourth-order valence-corrected chi connectivity index (χ4v) is 1.62. The molecule has 0 bridgehead atoms. The quantitative estimate of drug-likeness (QED) is 0.739. The van der Waals surface area contributed by atoms with E-state index in [1.807, 2.05) is 0 Å². The monoisotopic (exact) mass is 266 g/mol. The standard InChI is InChI=1S/C14H18O5/c1-4-18-14(16)9-13(19-10(2)15)11-5-7-12(17-3)8-6-11/h5-8,13H,4,9H2,1-3H3/t13-/m1/s1. The number of esters is 2. The fraction of sp³-hybridized carbons (Fsp3) is 0.429. The normalized spacial score (nSPS) is 11.5. The van der Waals surface area contributed by atoms with Crippen LogP contribution in [0.25, 0.3) is 0 Å². The Labute approximate surface area is 112 Å². The van der Waals surface area contributed by atoms with E-state index in [1.54, 1.807) is 38.3 Å². The van der Waals surface area contributed by atoms with Gasteiger partial charge in [-0.25, -0.2) is 0 Å². The van der Waals surface area contributed by atoms with Crippen LogP contribution in [0, 0.1) is 0 Å². The second-order valence-electron chi connectivity index (χ2n) is 3.88. The van der Waals surface area contributed by atoms with Gasteiger partial charge < -0.3 is 14.2 Å². The first-order valence-electron chi connectivity index (χ1n) is 6.03. The number of methoxy groups -OCH3 is 1. The van der Waals surface area contributed by atoms with Crippen LogP contribution in [0.4, 0.5) is 0 Å². The number of ether oxygens (including phenoxy) is 3. The van der Waals surface area contributed by atoms with Crippen LogP contribution in [-0.4, -0.2) is 25.7 Å². The van der Waals surface area contributed by atoms with E-state index < -0.39 is 18.0 Å². The highest BCUT2D eigenvalue weighted by Gasteiger charge is 2.19. The van der Waals surface area contributed by atoms with Crippen LogP contribution in [0.3, 0.4) is 0 Å². The third-order valence-corrected chi connectivity index (χ3v) is 2.45. The average Bonchev–Trinajstić information content (AvgIpc) is 2.38. The van der Waals surface area contributed by atoms with Crippen molar-refractivity contribution < 1.29 is 23.8 Å². The number of rotatable bonds is 6. The Bertz CT molecular complexity index is 424. The van der Waals surface area contributed by atoms with Crippen molar-refractivity contribution in [3.8, 4) is 5.75 Å². The van der Waals surface area contributed by atoms with Crippen LogP contribution in [0.5, 0.6) is 5.75 Å². The molecule has 0 aliphatic heterocycles. The van der Waals surface area contributed by atoms with Crippen LogP contribution < -0.4 is 4.74 Å². The molecule has 5 heteroatoms. The molecule has 5 nitrogen and oxygen atoms in total. The summed E-state index contributed by atoms with van der Waals surface area (Å²) < 4.78 is 15.1. The molecular weight excluding hydrogens is 248 g/mol. The summed E-state index contributed by atoms with van der Waals surface area (Å²) in [6, 6.07) is 7.01. The molecule has 0 aromatic heterocycles. The maximum absolute atomic E-state index is 11.5. The van der Waals surface area contributed by atoms with Crippen molar-refractivity contribution >= 4 is 11.9 Å². The van der Waals surface area contributed by atoms with Gasteiger partial charge in [-0.1, -0.05) is 12.1 Å². The lowest BCUT2D eigenvalue weighted by atomic mass is 10.1. The molecule has 0 fully saturated rings. The van der Waals surface area contributed by atoms with E-state index in [0.29, 0.717) is 12.4 Å². The van der Waals surface area contributed by atoms with Gasteiger partial charge >= 0.3 is 11.9 Å². The summed E-state index contributed by atoms with van der Waals surface area (Å²) in [7, 11) is 1.57. The molecule has 1 atom stereocenters. The maximum atomic E-state index is 11.5. The van der Waals surface area contributed by atoms with Crippen LogP contribution in [0.1, 0.15) is 31.9 Å². The molecule has 0 saturated carbocycles. The van der Waals surface area contributed by atoms with Gasteiger partial charge in [0.1, 0.15) is 11.9 Å². The van der Waals surface area contributed by atoms with Crippen LogP contribution in [0.2, 0.25) is 0 Å². The fourth-order valence-electron chi connectivity index (χ4n) is 1.62. The second-order valence-corrected chi connectivity index (χ2v) is 3.88. The van der Waals surface area contributed by atoms with Gasteiger partial charge in [0.25, 0.3) is 0 Å². The summed E-state index contributed by atoms with van der Waals surface area (Å²) in [5, 5.41) is 0. The second kappa shape index (κ2) is 7.41. The number of hydrogen-bond donors (Lipinski definition) is 0. The number of hydrogen-bond acceptors (Lipinski definition) is 5. The van der Waals surface area contributed by atoms with Gasteiger partial charge in [-0.3, -0.25) is 9.59 Å². The molecule has 0 unspecified atom stereocenters.